The zero-order valence-electron chi connectivity index (χ0n) is 23.8. The lowest BCUT2D eigenvalue weighted by molar-refractivity contribution is -0.131. The number of carbonyl (C=O) groups is 3. The van der Waals surface area contributed by atoms with Crippen LogP contribution in [-0.4, -0.2) is 59.1 Å². The quantitative estimate of drug-likeness (QED) is 0.144. The van der Waals surface area contributed by atoms with Gasteiger partial charge >= 0.3 is 17.9 Å². The molecule has 0 aliphatic carbocycles. The summed E-state index contributed by atoms with van der Waals surface area (Å²) in [6.45, 7) is 11.2. The predicted octanol–water partition coefficient (Wildman–Crippen LogP) is 5.34. The smallest absolute Gasteiger partial charge is 0.341 e. The Morgan fingerprint density at radius 2 is 0.905 bits per heavy atom. The van der Waals surface area contributed by atoms with Gasteiger partial charge in [-0.2, -0.15) is 0 Å². The zero-order valence-corrected chi connectivity index (χ0v) is 23.8. The summed E-state index contributed by atoms with van der Waals surface area (Å²) in [7, 11) is 4.38. The Hall–Kier alpha value is -4.83. The van der Waals surface area contributed by atoms with Gasteiger partial charge in [0.2, 0.25) is 0 Å². The third kappa shape index (κ3) is 8.58. The van der Waals surface area contributed by atoms with Crippen molar-refractivity contribution < 1.29 is 42.8 Å². The third-order valence-electron chi connectivity index (χ3n) is 5.78. The molecule has 0 unspecified atom stereocenters. The van der Waals surface area contributed by atoms with Crippen LogP contribution in [0.25, 0.3) is 22.3 Å². The van der Waals surface area contributed by atoms with E-state index in [1.54, 1.807) is 60.7 Å². The van der Waals surface area contributed by atoms with Crippen LogP contribution in [0.5, 0.6) is 17.2 Å². The molecule has 0 atom stereocenters. The van der Waals surface area contributed by atoms with Crippen LogP contribution >= 0.6 is 0 Å². The fraction of sp³-hybridized carbons (Fsp3) is 0.182. The number of benzene rings is 3. The molecule has 0 spiro atoms. The molecule has 0 saturated heterocycles. The second kappa shape index (κ2) is 15.2. The molecule has 0 saturated carbocycles. The summed E-state index contributed by atoms with van der Waals surface area (Å²) >= 11 is 0. The molecule has 218 valence electrons. The standard InChI is InChI=1S/C33H32O9/c1-21(18-37-4)31(34)40-27-12-7-24(8-13-27)26-11-16-29(30(17-26)42-33(36)23(3)20-39-6)25-9-14-28(15-10-25)41-32(35)22(2)19-38-5/h7-17H,1-3,18-20H2,4-6H3. The van der Waals surface area contributed by atoms with Crippen molar-refractivity contribution in [2.75, 3.05) is 41.2 Å². The molecule has 3 aromatic rings. The number of hydrogen-bond acceptors (Lipinski definition) is 9. The zero-order chi connectivity index (χ0) is 30.6. The van der Waals surface area contributed by atoms with Crippen LogP contribution in [0.3, 0.4) is 0 Å². The summed E-state index contributed by atoms with van der Waals surface area (Å²) in [5.41, 5.74) is 3.36. The number of ether oxygens (including phenoxy) is 6. The van der Waals surface area contributed by atoms with E-state index < -0.39 is 17.9 Å². The van der Waals surface area contributed by atoms with Crippen molar-refractivity contribution in [3.8, 4) is 39.5 Å². The van der Waals surface area contributed by atoms with Gasteiger partial charge in [0.15, 0.2) is 0 Å². The number of methoxy groups -OCH3 is 3. The van der Waals surface area contributed by atoms with Gasteiger partial charge in [0.05, 0.1) is 36.5 Å². The van der Waals surface area contributed by atoms with E-state index in [0.717, 1.165) is 11.1 Å². The molecule has 0 aliphatic heterocycles. The summed E-state index contributed by atoms with van der Waals surface area (Å²) in [5, 5.41) is 0. The molecular weight excluding hydrogens is 540 g/mol. The highest BCUT2D eigenvalue weighted by Crippen LogP contribution is 2.36. The van der Waals surface area contributed by atoms with Gasteiger partial charge in [-0.3, -0.25) is 0 Å². The lowest BCUT2D eigenvalue weighted by Gasteiger charge is -2.14. The lowest BCUT2D eigenvalue weighted by Crippen LogP contribution is -2.14. The van der Waals surface area contributed by atoms with Gasteiger partial charge in [-0.1, -0.05) is 56.1 Å². The maximum absolute atomic E-state index is 12.7. The van der Waals surface area contributed by atoms with Gasteiger partial charge < -0.3 is 28.4 Å². The minimum absolute atomic E-state index is 0.0132. The molecule has 0 fully saturated rings. The van der Waals surface area contributed by atoms with Gasteiger partial charge in [0.25, 0.3) is 0 Å². The van der Waals surface area contributed by atoms with Crippen molar-refractivity contribution in [1.29, 1.82) is 0 Å². The first kappa shape index (κ1) is 31.7. The Bertz CT molecular complexity index is 1470. The highest BCUT2D eigenvalue weighted by molar-refractivity contribution is 5.92. The molecular formula is C33H32O9. The average molecular weight is 573 g/mol. The fourth-order valence-corrected chi connectivity index (χ4v) is 3.67. The van der Waals surface area contributed by atoms with E-state index in [-0.39, 0.29) is 42.3 Å². The SMILES string of the molecule is C=C(COC)C(=O)Oc1ccc(-c2ccc(-c3ccc(OC(=O)C(=C)COC)cc3)c(OC(=O)C(=C)COC)c2)cc1. The number of hydrogen-bond donors (Lipinski definition) is 0. The summed E-state index contributed by atoms with van der Waals surface area (Å²) in [4.78, 5) is 37.0. The molecule has 3 aromatic carbocycles. The molecule has 42 heavy (non-hydrogen) atoms. The minimum Gasteiger partial charge on any atom is -0.423 e. The highest BCUT2D eigenvalue weighted by atomic mass is 16.5. The van der Waals surface area contributed by atoms with Crippen molar-refractivity contribution in [2.45, 2.75) is 0 Å². The first-order chi connectivity index (χ1) is 20.2. The molecule has 0 bridgehead atoms. The first-order valence-corrected chi connectivity index (χ1v) is 12.7. The van der Waals surface area contributed by atoms with Crippen LogP contribution in [0.15, 0.2) is 103 Å². The molecule has 0 radical (unpaired) electrons. The van der Waals surface area contributed by atoms with E-state index >= 15 is 0 Å². The molecule has 3 rings (SSSR count). The van der Waals surface area contributed by atoms with Gasteiger partial charge in [0, 0.05) is 26.9 Å². The normalized spacial score (nSPS) is 10.5. The fourth-order valence-electron chi connectivity index (χ4n) is 3.67. The Morgan fingerprint density at radius 1 is 0.524 bits per heavy atom. The predicted molar refractivity (Wildman–Crippen MR) is 157 cm³/mol. The number of rotatable bonds is 14. The molecule has 0 heterocycles. The maximum atomic E-state index is 12.7. The molecule has 0 N–H and O–H groups in total. The number of esters is 3. The van der Waals surface area contributed by atoms with Gasteiger partial charge in [-0.25, -0.2) is 14.4 Å². The van der Waals surface area contributed by atoms with Gasteiger partial charge in [0.1, 0.15) is 17.2 Å². The largest absolute Gasteiger partial charge is 0.423 e. The second-order valence-corrected chi connectivity index (χ2v) is 9.04. The van der Waals surface area contributed by atoms with Crippen molar-refractivity contribution >= 4 is 17.9 Å². The van der Waals surface area contributed by atoms with E-state index in [9.17, 15) is 14.4 Å². The molecule has 0 amide bonds. The minimum atomic E-state index is -0.643. The first-order valence-electron chi connectivity index (χ1n) is 12.7. The molecule has 0 aromatic heterocycles. The van der Waals surface area contributed by atoms with E-state index in [1.165, 1.54) is 21.3 Å². The summed E-state index contributed by atoms with van der Waals surface area (Å²) in [5.74, 6) is -0.889. The van der Waals surface area contributed by atoms with E-state index in [0.29, 0.717) is 22.6 Å². The Balaban J connectivity index is 1.89. The average Bonchev–Trinajstić information content (AvgIpc) is 2.98. The van der Waals surface area contributed by atoms with E-state index in [2.05, 4.69) is 19.7 Å². The topological polar surface area (TPSA) is 107 Å². The van der Waals surface area contributed by atoms with Crippen molar-refractivity contribution in [3.63, 3.8) is 0 Å². The molecule has 0 aliphatic rings. The van der Waals surface area contributed by atoms with Crippen molar-refractivity contribution in [1.82, 2.24) is 0 Å². The number of carbonyl (C=O) groups excluding carboxylic acids is 3. The van der Waals surface area contributed by atoms with Crippen LogP contribution in [0.1, 0.15) is 0 Å². The van der Waals surface area contributed by atoms with Crippen LogP contribution in [-0.2, 0) is 28.6 Å². The summed E-state index contributed by atoms with van der Waals surface area (Å²) in [6.07, 6.45) is 0. The van der Waals surface area contributed by atoms with Crippen LogP contribution < -0.4 is 14.2 Å². The molecule has 9 heteroatoms. The van der Waals surface area contributed by atoms with Crippen molar-refractivity contribution in [2.24, 2.45) is 0 Å². The second-order valence-electron chi connectivity index (χ2n) is 9.04. The van der Waals surface area contributed by atoms with Crippen LogP contribution in [0.4, 0.5) is 0 Å². The summed E-state index contributed by atoms with van der Waals surface area (Å²) < 4.78 is 31.2. The van der Waals surface area contributed by atoms with E-state index in [4.69, 9.17) is 28.4 Å². The van der Waals surface area contributed by atoms with Gasteiger partial charge in [-0.15, -0.1) is 0 Å². The van der Waals surface area contributed by atoms with E-state index in [1.807, 2.05) is 6.07 Å². The third-order valence-corrected chi connectivity index (χ3v) is 5.78. The Morgan fingerprint density at radius 3 is 1.33 bits per heavy atom. The van der Waals surface area contributed by atoms with Crippen LogP contribution in [0, 0.1) is 0 Å². The summed E-state index contributed by atoms with van der Waals surface area (Å²) in [6, 6.07) is 18.9. The van der Waals surface area contributed by atoms with Gasteiger partial charge in [-0.05, 0) is 47.0 Å². The van der Waals surface area contributed by atoms with Crippen molar-refractivity contribution in [3.05, 3.63) is 103 Å². The van der Waals surface area contributed by atoms with Crippen LogP contribution in [0.2, 0.25) is 0 Å². The highest BCUT2D eigenvalue weighted by Gasteiger charge is 2.17. The molecule has 9 nitrogen and oxygen atoms in total. The monoisotopic (exact) mass is 572 g/mol. The Kier molecular flexibility index (Phi) is 11.5. The Labute approximate surface area is 244 Å². The lowest BCUT2D eigenvalue weighted by atomic mass is 9.99. The maximum Gasteiger partial charge on any atom is 0.341 e.